The first kappa shape index (κ1) is 22.6. The second-order valence-corrected chi connectivity index (χ2v) is 9.06. The number of amides is 2. The quantitative estimate of drug-likeness (QED) is 0.536. The fourth-order valence-electron chi connectivity index (χ4n) is 2.80. The number of para-hydroxylation sites is 1. The number of anilines is 2. The molecular formula is C21H17Cl2N3O4S. The standard InChI is InChI=1S/C21H17Cl2N3O4S/c22-17-11-10-14(12-18(17)23)26(31(29,30)15-6-2-1-3-7-15)13-20(27)25-19-9-5-4-8-16(19)21(24)28/h1-12H,13H2,(H2,24,28)(H,25,27). The predicted molar refractivity (Wildman–Crippen MR) is 121 cm³/mol. The maximum Gasteiger partial charge on any atom is 0.264 e. The molecule has 0 bridgehead atoms. The Kier molecular flexibility index (Phi) is 6.84. The molecule has 0 fully saturated rings. The fraction of sp³-hybridized carbons (Fsp3) is 0.0476. The van der Waals surface area contributed by atoms with Gasteiger partial charge in [0.2, 0.25) is 5.91 Å². The molecule has 0 saturated heterocycles. The highest BCUT2D eigenvalue weighted by atomic mass is 35.5. The summed E-state index contributed by atoms with van der Waals surface area (Å²) in [5.41, 5.74) is 5.76. The van der Waals surface area contributed by atoms with E-state index < -0.39 is 28.4 Å². The largest absolute Gasteiger partial charge is 0.366 e. The zero-order valence-corrected chi connectivity index (χ0v) is 18.3. The Bertz CT molecular complexity index is 1230. The summed E-state index contributed by atoms with van der Waals surface area (Å²) < 4.78 is 27.5. The van der Waals surface area contributed by atoms with E-state index in [-0.39, 0.29) is 31.9 Å². The summed E-state index contributed by atoms with van der Waals surface area (Å²) in [6.45, 7) is -0.581. The summed E-state index contributed by atoms with van der Waals surface area (Å²) in [7, 11) is -4.12. The second-order valence-electron chi connectivity index (χ2n) is 6.38. The van der Waals surface area contributed by atoms with Crippen LogP contribution in [0.15, 0.2) is 77.7 Å². The third kappa shape index (κ3) is 5.16. The van der Waals surface area contributed by atoms with Gasteiger partial charge in [-0.15, -0.1) is 0 Å². The molecule has 0 aromatic heterocycles. The van der Waals surface area contributed by atoms with Gasteiger partial charge in [-0.25, -0.2) is 8.42 Å². The van der Waals surface area contributed by atoms with E-state index in [9.17, 15) is 18.0 Å². The van der Waals surface area contributed by atoms with Gasteiger partial charge in [0.1, 0.15) is 6.54 Å². The number of rotatable bonds is 7. The van der Waals surface area contributed by atoms with E-state index in [1.807, 2.05) is 0 Å². The van der Waals surface area contributed by atoms with E-state index in [0.717, 1.165) is 4.31 Å². The third-order valence-electron chi connectivity index (χ3n) is 4.28. The molecule has 0 spiro atoms. The Morgan fingerprint density at radius 3 is 2.19 bits per heavy atom. The minimum Gasteiger partial charge on any atom is -0.366 e. The van der Waals surface area contributed by atoms with Crippen molar-refractivity contribution in [1.82, 2.24) is 0 Å². The van der Waals surface area contributed by atoms with Gasteiger partial charge in [0.05, 0.1) is 31.9 Å². The molecule has 3 aromatic rings. The van der Waals surface area contributed by atoms with Crippen LogP contribution in [-0.2, 0) is 14.8 Å². The number of carbonyl (C=O) groups excluding carboxylic acids is 2. The molecule has 31 heavy (non-hydrogen) atoms. The molecule has 0 heterocycles. The van der Waals surface area contributed by atoms with Crippen molar-refractivity contribution in [3.05, 3.63) is 88.4 Å². The highest BCUT2D eigenvalue weighted by Gasteiger charge is 2.28. The lowest BCUT2D eigenvalue weighted by molar-refractivity contribution is -0.114. The Balaban J connectivity index is 1.98. The number of sulfonamides is 1. The number of hydrogen-bond donors (Lipinski definition) is 2. The van der Waals surface area contributed by atoms with Crippen molar-refractivity contribution in [2.45, 2.75) is 4.90 Å². The lowest BCUT2D eigenvalue weighted by Gasteiger charge is -2.24. The summed E-state index contributed by atoms with van der Waals surface area (Å²) in [5, 5.41) is 2.91. The number of nitrogens with two attached hydrogens (primary N) is 1. The first-order chi connectivity index (χ1) is 14.7. The third-order valence-corrected chi connectivity index (χ3v) is 6.80. The number of carbonyl (C=O) groups is 2. The molecule has 0 radical (unpaired) electrons. The zero-order chi connectivity index (χ0) is 22.6. The molecule has 0 aliphatic heterocycles. The minimum absolute atomic E-state index is 0.00796. The van der Waals surface area contributed by atoms with Crippen molar-refractivity contribution in [1.29, 1.82) is 0 Å². The Morgan fingerprint density at radius 1 is 0.903 bits per heavy atom. The second kappa shape index (κ2) is 9.38. The van der Waals surface area contributed by atoms with Crippen molar-refractivity contribution in [3.63, 3.8) is 0 Å². The molecule has 0 aliphatic carbocycles. The topological polar surface area (TPSA) is 110 Å². The van der Waals surface area contributed by atoms with Crippen LogP contribution in [0.2, 0.25) is 10.0 Å². The molecule has 2 amide bonds. The first-order valence-corrected chi connectivity index (χ1v) is 11.1. The molecule has 10 heteroatoms. The number of benzene rings is 3. The van der Waals surface area contributed by atoms with Crippen molar-refractivity contribution in [3.8, 4) is 0 Å². The Labute approximate surface area is 189 Å². The van der Waals surface area contributed by atoms with Crippen LogP contribution in [0.25, 0.3) is 0 Å². The lowest BCUT2D eigenvalue weighted by Crippen LogP contribution is -2.38. The van der Waals surface area contributed by atoms with Crippen LogP contribution < -0.4 is 15.4 Å². The van der Waals surface area contributed by atoms with Gasteiger partial charge < -0.3 is 11.1 Å². The molecule has 3 rings (SSSR count). The van der Waals surface area contributed by atoms with Crippen LogP contribution in [0.3, 0.4) is 0 Å². The maximum atomic E-state index is 13.3. The molecule has 7 nitrogen and oxygen atoms in total. The molecule has 0 unspecified atom stereocenters. The average molecular weight is 478 g/mol. The average Bonchev–Trinajstić information content (AvgIpc) is 2.75. The Hall–Kier alpha value is -3.07. The van der Waals surface area contributed by atoms with Gasteiger partial charge >= 0.3 is 0 Å². The summed E-state index contributed by atoms with van der Waals surface area (Å²) >= 11 is 12.0. The predicted octanol–water partition coefficient (Wildman–Crippen LogP) is 3.93. The molecule has 0 aliphatic rings. The van der Waals surface area contributed by atoms with Crippen molar-refractivity contribution in [2.75, 3.05) is 16.2 Å². The maximum absolute atomic E-state index is 13.3. The first-order valence-electron chi connectivity index (χ1n) is 8.91. The van der Waals surface area contributed by atoms with E-state index >= 15 is 0 Å². The molecule has 3 N–H and O–H groups in total. The van der Waals surface area contributed by atoms with E-state index in [4.69, 9.17) is 28.9 Å². The zero-order valence-electron chi connectivity index (χ0n) is 16.0. The van der Waals surface area contributed by atoms with Gasteiger partial charge in [0.15, 0.2) is 0 Å². The summed E-state index contributed by atoms with van der Waals surface area (Å²) in [4.78, 5) is 24.4. The number of nitrogens with zero attached hydrogens (tertiary/aromatic N) is 1. The van der Waals surface area contributed by atoms with Crippen LogP contribution in [0.5, 0.6) is 0 Å². The van der Waals surface area contributed by atoms with Crippen LogP contribution in [-0.4, -0.2) is 26.8 Å². The van der Waals surface area contributed by atoms with Crippen molar-refractivity contribution < 1.29 is 18.0 Å². The number of halogens is 2. The van der Waals surface area contributed by atoms with Crippen LogP contribution >= 0.6 is 23.2 Å². The van der Waals surface area contributed by atoms with Gasteiger partial charge in [-0.2, -0.15) is 0 Å². The molecule has 160 valence electrons. The number of primary amides is 1. The van der Waals surface area contributed by atoms with E-state index in [2.05, 4.69) is 5.32 Å². The summed E-state index contributed by atoms with van der Waals surface area (Å²) in [5.74, 6) is -1.41. The van der Waals surface area contributed by atoms with Crippen molar-refractivity contribution in [2.24, 2.45) is 5.73 Å². The van der Waals surface area contributed by atoms with Crippen LogP contribution in [0.4, 0.5) is 11.4 Å². The molecular weight excluding hydrogens is 461 g/mol. The van der Waals surface area contributed by atoms with Crippen molar-refractivity contribution >= 4 is 56.4 Å². The molecule has 0 atom stereocenters. The van der Waals surface area contributed by atoms with Gasteiger partial charge in [-0.3, -0.25) is 13.9 Å². The fourth-order valence-corrected chi connectivity index (χ4v) is 4.53. The highest BCUT2D eigenvalue weighted by molar-refractivity contribution is 7.92. The van der Waals surface area contributed by atoms with Gasteiger partial charge in [0, 0.05) is 0 Å². The van der Waals surface area contributed by atoms with Crippen LogP contribution in [0, 0.1) is 0 Å². The van der Waals surface area contributed by atoms with Gasteiger partial charge in [0.25, 0.3) is 15.9 Å². The highest BCUT2D eigenvalue weighted by Crippen LogP contribution is 2.30. The SMILES string of the molecule is NC(=O)c1ccccc1NC(=O)CN(c1ccc(Cl)c(Cl)c1)S(=O)(=O)c1ccccc1. The minimum atomic E-state index is -4.12. The number of hydrogen-bond acceptors (Lipinski definition) is 4. The smallest absolute Gasteiger partial charge is 0.264 e. The lowest BCUT2D eigenvalue weighted by atomic mass is 10.1. The van der Waals surface area contributed by atoms with E-state index in [1.165, 1.54) is 42.5 Å². The van der Waals surface area contributed by atoms with Gasteiger partial charge in [-0.05, 0) is 42.5 Å². The van der Waals surface area contributed by atoms with E-state index in [1.54, 1.807) is 30.3 Å². The molecule has 0 saturated carbocycles. The Morgan fingerprint density at radius 2 is 1.55 bits per heavy atom. The molecule has 3 aromatic carbocycles. The summed E-state index contributed by atoms with van der Waals surface area (Å²) in [6, 6.07) is 18.0. The monoisotopic (exact) mass is 477 g/mol. The van der Waals surface area contributed by atoms with Gasteiger partial charge in [-0.1, -0.05) is 53.5 Å². The number of nitrogens with one attached hydrogen (secondary N) is 1. The normalized spacial score (nSPS) is 11.0. The van der Waals surface area contributed by atoms with Crippen LogP contribution in [0.1, 0.15) is 10.4 Å². The summed E-state index contributed by atoms with van der Waals surface area (Å²) in [6.07, 6.45) is 0. The van der Waals surface area contributed by atoms with E-state index in [0.29, 0.717) is 0 Å².